The molecule has 0 saturated carbocycles. The van der Waals surface area contributed by atoms with E-state index in [1.165, 1.54) is 11.3 Å². The van der Waals surface area contributed by atoms with Crippen LogP contribution in [0.4, 0.5) is 5.00 Å². The van der Waals surface area contributed by atoms with E-state index in [0.717, 1.165) is 10.8 Å². The van der Waals surface area contributed by atoms with Crippen LogP contribution in [0.3, 0.4) is 0 Å². The molecule has 3 heteroatoms. The van der Waals surface area contributed by atoms with E-state index in [2.05, 4.69) is 0 Å². The molecule has 0 unspecified atom stereocenters. The van der Waals surface area contributed by atoms with Crippen LogP contribution in [-0.2, 0) is 0 Å². The lowest BCUT2D eigenvalue weighted by Gasteiger charge is -1.98. The van der Waals surface area contributed by atoms with Crippen molar-refractivity contribution in [1.82, 2.24) is 0 Å². The molecule has 1 heterocycles. The summed E-state index contributed by atoms with van der Waals surface area (Å²) < 4.78 is 5.16. The normalized spacial score (nSPS) is 9.44. The van der Waals surface area contributed by atoms with Crippen LogP contribution in [0.2, 0.25) is 0 Å². The molecule has 0 fully saturated rings. The standard InChI is InChI=1S/C6H9NOS/c1-2-8-5-3-4-9-6(5)7/h3-4H,2,7H2,1H3. The van der Waals surface area contributed by atoms with E-state index in [-0.39, 0.29) is 0 Å². The third-order valence-corrected chi connectivity index (χ3v) is 1.68. The lowest BCUT2D eigenvalue weighted by molar-refractivity contribution is 0.343. The summed E-state index contributed by atoms with van der Waals surface area (Å²) in [5.74, 6) is 0.808. The molecule has 0 spiro atoms. The topological polar surface area (TPSA) is 35.2 Å². The minimum absolute atomic E-state index is 0.681. The Morgan fingerprint density at radius 1 is 1.78 bits per heavy atom. The number of nitrogens with two attached hydrogens (primary N) is 1. The number of thiophene rings is 1. The van der Waals surface area contributed by atoms with Gasteiger partial charge in [-0.3, -0.25) is 0 Å². The third kappa shape index (κ3) is 1.36. The van der Waals surface area contributed by atoms with Crippen molar-refractivity contribution in [1.29, 1.82) is 0 Å². The van der Waals surface area contributed by atoms with Gasteiger partial charge in [0.2, 0.25) is 0 Å². The number of ether oxygens (including phenoxy) is 1. The highest BCUT2D eigenvalue weighted by Crippen LogP contribution is 2.26. The zero-order chi connectivity index (χ0) is 6.69. The highest BCUT2D eigenvalue weighted by molar-refractivity contribution is 7.14. The lowest BCUT2D eigenvalue weighted by atomic mass is 10.5. The number of hydrogen-bond acceptors (Lipinski definition) is 3. The van der Waals surface area contributed by atoms with Gasteiger partial charge < -0.3 is 10.5 Å². The average molecular weight is 143 g/mol. The Morgan fingerprint density at radius 3 is 3.00 bits per heavy atom. The summed E-state index contributed by atoms with van der Waals surface area (Å²) in [7, 11) is 0. The molecule has 9 heavy (non-hydrogen) atoms. The molecule has 2 N–H and O–H groups in total. The molecule has 0 aliphatic carbocycles. The largest absolute Gasteiger partial charge is 0.491 e. The molecule has 0 bridgehead atoms. The molecule has 2 nitrogen and oxygen atoms in total. The van der Waals surface area contributed by atoms with Crippen molar-refractivity contribution in [2.24, 2.45) is 0 Å². The van der Waals surface area contributed by atoms with Crippen molar-refractivity contribution < 1.29 is 4.74 Å². The summed E-state index contributed by atoms with van der Waals surface area (Å²) in [6.07, 6.45) is 0. The van der Waals surface area contributed by atoms with Crippen molar-refractivity contribution in [3.05, 3.63) is 11.4 Å². The van der Waals surface area contributed by atoms with Gasteiger partial charge in [0.15, 0.2) is 5.75 Å². The van der Waals surface area contributed by atoms with E-state index in [1.54, 1.807) is 0 Å². The Balaban J connectivity index is 2.69. The van der Waals surface area contributed by atoms with Crippen molar-refractivity contribution in [2.75, 3.05) is 12.3 Å². The predicted octanol–water partition coefficient (Wildman–Crippen LogP) is 1.73. The Labute approximate surface area is 58.3 Å². The molecule has 1 rings (SSSR count). The Bertz CT molecular complexity index is 185. The van der Waals surface area contributed by atoms with E-state index in [9.17, 15) is 0 Å². The Hall–Kier alpha value is -0.700. The summed E-state index contributed by atoms with van der Waals surface area (Å²) in [6.45, 7) is 2.62. The lowest BCUT2D eigenvalue weighted by Crippen LogP contribution is -1.92. The maximum Gasteiger partial charge on any atom is 0.153 e. The Kier molecular flexibility index (Phi) is 1.95. The van der Waals surface area contributed by atoms with Crippen LogP contribution in [0.25, 0.3) is 0 Å². The van der Waals surface area contributed by atoms with Gasteiger partial charge in [0, 0.05) is 0 Å². The van der Waals surface area contributed by atoms with Crippen molar-refractivity contribution in [3.8, 4) is 5.75 Å². The van der Waals surface area contributed by atoms with Crippen molar-refractivity contribution in [2.45, 2.75) is 6.92 Å². The smallest absolute Gasteiger partial charge is 0.153 e. The first kappa shape index (κ1) is 6.42. The quantitative estimate of drug-likeness (QED) is 0.684. The van der Waals surface area contributed by atoms with Gasteiger partial charge in [0.25, 0.3) is 0 Å². The molecule has 0 aliphatic rings. The Morgan fingerprint density at radius 2 is 2.56 bits per heavy atom. The predicted molar refractivity (Wildman–Crippen MR) is 39.9 cm³/mol. The molecule has 0 saturated heterocycles. The van der Waals surface area contributed by atoms with Crippen molar-refractivity contribution in [3.63, 3.8) is 0 Å². The van der Waals surface area contributed by atoms with Crippen LogP contribution in [0.5, 0.6) is 5.75 Å². The van der Waals surface area contributed by atoms with Gasteiger partial charge >= 0.3 is 0 Å². The number of nitrogen functional groups attached to an aromatic ring is 1. The van der Waals surface area contributed by atoms with E-state index < -0.39 is 0 Å². The van der Waals surface area contributed by atoms with Crippen LogP contribution in [0, 0.1) is 0 Å². The van der Waals surface area contributed by atoms with Gasteiger partial charge in [0.1, 0.15) is 5.00 Å². The second-order valence-corrected chi connectivity index (χ2v) is 2.53. The minimum Gasteiger partial charge on any atom is -0.491 e. The molecular formula is C6H9NOS. The number of anilines is 1. The fraction of sp³-hybridized carbons (Fsp3) is 0.333. The molecule has 1 aromatic heterocycles. The van der Waals surface area contributed by atoms with Crippen LogP contribution in [0.1, 0.15) is 6.92 Å². The molecule has 0 aliphatic heterocycles. The maximum absolute atomic E-state index is 5.52. The fourth-order valence-electron chi connectivity index (χ4n) is 0.584. The first-order valence-corrected chi connectivity index (χ1v) is 3.68. The van der Waals surface area contributed by atoms with E-state index in [1.807, 2.05) is 18.4 Å². The summed E-state index contributed by atoms with van der Waals surface area (Å²) in [5, 5.41) is 2.68. The first-order chi connectivity index (χ1) is 4.34. The van der Waals surface area contributed by atoms with E-state index in [4.69, 9.17) is 10.5 Å². The van der Waals surface area contributed by atoms with Crippen LogP contribution < -0.4 is 10.5 Å². The molecule has 0 aromatic carbocycles. The highest BCUT2D eigenvalue weighted by atomic mass is 32.1. The van der Waals surface area contributed by atoms with Gasteiger partial charge in [0.05, 0.1) is 6.61 Å². The molecule has 1 aromatic rings. The maximum atomic E-state index is 5.52. The second-order valence-electron chi connectivity index (χ2n) is 1.58. The van der Waals surface area contributed by atoms with Crippen LogP contribution in [0.15, 0.2) is 11.4 Å². The molecule has 0 atom stereocenters. The molecule has 50 valence electrons. The number of hydrogen-bond donors (Lipinski definition) is 1. The highest BCUT2D eigenvalue weighted by Gasteiger charge is 1.97. The molecular weight excluding hydrogens is 134 g/mol. The van der Waals surface area contributed by atoms with Crippen LogP contribution >= 0.6 is 11.3 Å². The van der Waals surface area contributed by atoms with Gasteiger partial charge in [-0.15, -0.1) is 11.3 Å². The van der Waals surface area contributed by atoms with E-state index in [0.29, 0.717) is 6.61 Å². The average Bonchev–Trinajstić information content (AvgIpc) is 2.18. The molecule has 0 amide bonds. The SMILES string of the molecule is CCOc1ccsc1N. The summed E-state index contributed by atoms with van der Waals surface area (Å²) in [5.41, 5.74) is 5.52. The second kappa shape index (κ2) is 2.73. The van der Waals surface area contributed by atoms with Gasteiger partial charge in [-0.1, -0.05) is 0 Å². The minimum atomic E-state index is 0.681. The zero-order valence-corrected chi connectivity index (χ0v) is 6.07. The zero-order valence-electron chi connectivity index (χ0n) is 5.26. The third-order valence-electron chi connectivity index (χ3n) is 0.957. The summed E-state index contributed by atoms with van der Waals surface area (Å²) in [4.78, 5) is 0. The fourth-order valence-corrected chi connectivity index (χ4v) is 1.17. The van der Waals surface area contributed by atoms with E-state index >= 15 is 0 Å². The summed E-state index contributed by atoms with van der Waals surface area (Å²) >= 11 is 1.50. The van der Waals surface area contributed by atoms with Crippen LogP contribution in [-0.4, -0.2) is 6.61 Å². The van der Waals surface area contributed by atoms with Gasteiger partial charge in [-0.05, 0) is 18.4 Å². The number of rotatable bonds is 2. The van der Waals surface area contributed by atoms with Gasteiger partial charge in [-0.2, -0.15) is 0 Å². The van der Waals surface area contributed by atoms with Crippen molar-refractivity contribution >= 4 is 16.3 Å². The first-order valence-electron chi connectivity index (χ1n) is 2.80. The summed E-state index contributed by atoms with van der Waals surface area (Å²) in [6, 6.07) is 1.88. The monoisotopic (exact) mass is 143 g/mol. The molecule has 0 radical (unpaired) electrons. The van der Waals surface area contributed by atoms with Gasteiger partial charge in [-0.25, -0.2) is 0 Å².